The van der Waals surface area contributed by atoms with Crippen molar-refractivity contribution in [2.75, 3.05) is 6.61 Å². The molecular formula is C13H11F2NO4. The van der Waals surface area contributed by atoms with Crippen LogP contribution < -0.4 is 4.74 Å². The average molecular weight is 283 g/mol. The molecular weight excluding hydrogens is 272 g/mol. The lowest BCUT2D eigenvalue weighted by Crippen LogP contribution is -2.06. The van der Waals surface area contributed by atoms with E-state index in [2.05, 4.69) is 9.72 Å². The van der Waals surface area contributed by atoms with Gasteiger partial charge in [0.05, 0.1) is 6.61 Å². The van der Waals surface area contributed by atoms with Gasteiger partial charge in [-0.05, 0) is 31.2 Å². The molecule has 0 bridgehead atoms. The number of carbonyl (C=O) groups excluding carboxylic acids is 1. The van der Waals surface area contributed by atoms with Gasteiger partial charge in [0.15, 0.2) is 17.8 Å². The Kier molecular flexibility index (Phi) is 4.29. The third kappa shape index (κ3) is 3.11. The average Bonchev–Trinajstić information content (AvgIpc) is 2.88. The molecule has 2 aromatic rings. The van der Waals surface area contributed by atoms with E-state index in [1.54, 1.807) is 6.92 Å². The zero-order chi connectivity index (χ0) is 14.5. The highest BCUT2D eigenvalue weighted by Crippen LogP contribution is 2.26. The Labute approximate surface area is 113 Å². The summed E-state index contributed by atoms with van der Waals surface area (Å²) in [5, 5.41) is 0. The fraction of sp³-hybridized carbons (Fsp3) is 0.231. The Balaban J connectivity index is 2.24. The summed E-state index contributed by atoms with van der Waals surface area (Å²) in [5.41, 5.74) is 0.543. The van der Waals surface area contributed by atoms with E-state index in [4.69, 9.17) is 9.15 Å². The van der Waals surface area contributed by atoms with E-state index in [0.717, 1.165) is 6.39 Å². The van der Waals surface area contributed by atoms with Gasteiger partial charge in [-0.1, -0.05) is 0 Å². The van der Waals surface area contributed by atoms with Crippen molar-refractivity contribution in [1.29, 1.82) is 0 Å². The van der Waals surface area contributed by atoms with Crippen LogP contribution in [0.3, 0.4) is 0 Å². The van der Waals surface area contributed by atoms with Crippen molar-refractivity contribution >= 4 is 5.97 Å². The molecule has 0 N–H and O–H groups in total. The first-order valence-corrected chi connectivity index (χ1v) is 5.77. The summed E-state index contributed by atoms with van der Waals surface area (Å²) in [6, 6.07) is 5.67. The predicted molar refractivity (Wildman–Crippen MR) is 64.5 cm³/mol. The van der Waals surface area contributed by atoms with Crippen LogP contribution in [0.2, 0.25) is 0 Å². The Morgan fingerprint density at radius 1 is 1.35 bits per heavy atom. The second kappa shape index (κ2) is 6.14. The van der Waals surface area contributed by atoms with Crippen molar-refractivity contribution in [3.63, 3.8) is 0 Å². The number of oxazole rings is 1. The monoisotopic (exact) mass is 283 g/mol. The molecule has 0 fully saturated rings. The summed E-state index contributed by atoms with van der Waals surface area (Å²) < 4.78 is 38.3. The van der Waals surface area contributed by atoms with E-state index in [9.17, 15) is 13.6 Å². The van der Waals surface area contributed by atoms with Crippen molar-refractivity contribution in [3.8, 4) is 17.1 Å². The van der Waals surface area contributed by atoms with Crippen molar-refractivity contribution < 1.29 is 27.5 Å². The molecule has 20 heavy (non-hydrogen) atoms. The maximum atomic E-state index is 12.0. The van der Waals surface area contributed by atoms with Crippen LogP contribution in [0.4, 0.5) is 8.78 Å². The number of halogens is 2. The quantitative estimate of drug-likeness (QED) is 0.789. The maximum absolute atomic E-state index is 12.0. The molecule has 2 rings (SSSR count). The number of hydrogen-bond acceptors (Lipinski definition) is 5. The summed E-state index contributed by atoms with van der Waals surface area (Å²) >= 11 is 0. The lowest BCUT2D eigenvalue weighted by atomic mass is 10.1. The summed E-state index contributed by atoms with van der Waals surface area (Å²) in [5.74, 6) is -0.378. The van der Waals surface area contributed by atoms with Crippen molar-refractivity contribution in [2.45, 2.75) is 13.5 Å². The molecule has 0 radical (unpaired) electrons. The Morgan fingerprint density at radius 3 is 2.65 bits per heavy atom. The number of benzene rings is 1. The molecule has 5 nitrogen and oxygen atoms in total. The zero-order valence-corrected chi connectivity index (χ0v) is 10.5. The molecule has 106 valence electrons. The summed E-state index contributed by atoms with van der Waals surface area (Å²) in [4.78, 5) is 15.4. The molecule has 0 saturated carbocycles. The number of hydrogen-bond donors (Lipinski definition) is 0. The molecule has 0 unspecified atom stereocenters. The second-order valence-corrected chi connectivity index (χ2v) is 3.65. The standard InChI is InChI=1S/C13H11F2NO4/c1-2-18-12(17)10-11(19-7-16-10)8-3-5-9(6-4-8)20-13(14)15/h3-7,13H,2H2,1H3. The summed E-state index contributed by atoms with van der Waals surface area (Å²) in [6.07, 6.45) is 1.12. The van der Waals surface area contributed by atoms with Crippen LogP contribution in [0.1, 0.15) is 17.4 Å². The molecule has 0 amide bonds. The SMILES string of the molecule is CCOC(=O)c1ncoc1-c1ccc(OC(F)F)cc1. The van der Waals surface area contributed by atoms with Crippen LogP contribution in [-0.4, -0.2) is 24.2 Å². The number of esters is 1. The topological polar surface area (TPSA) is 61.6 Å². The van der Waals surface area contributed by atoms with Gasteiger partial charge >= 0.3 is 12.6 Å². The van der Waals surface area contributed by atoms with Crippen molar-refractivity contribution in [2.24, 2.45) is 0 Å². The molecule has 0 aliphatic heterocycles. The van der Waals surface area contributed by atoms with Gasteiger partial charge in [0.25, 0.3) is 0 Å². The number of ether oxygens (including phenoxy) is 2. The van der Waals surface area contributed by atoms with E-state index in [1.807, 2.05) is 0 Å². The van der Waals surface area contributed by atoms with E-state index in [-0.39, 0.29) is 23.8 Å². The lowest BCUT2D eigenvalue weighted by molar-refractivity contribution is -0.0498. The third-order valence-corrected chi connectivity index (χ3v) is 2.38. The lowest BCUT2D eigenvalue weighted by Gasteiger charge is -2.05. The first kappa shape index (κ1) is 14.0. The van der Waals surface area contributed by atoms with Crippen LogP contribution >= 0.6 is 0 Å². The number of aromatic nitrogens is 1. The fourth-order valence-corrected chi connectivity index (χ4v) is 1.58. The Bertz CT molecular complexity index is 580. The van der Waals surface area contributed by atoms with Crippen LogP contribution in [0.25, 0.3) is 11.3 Å². The zero-order valence-electron chi connectivity index (χ0n) is 10.5. The highest BCUT2D eigenvalue weighted by Gasteiger charge is 2.19. The molecule has 7 heteroatoms. The molecule has 1 aromatic carbocycles. The van der Waals surface area contributed by atoms with E-state index >= 15 is 0 Å². The molecule has 0 saturated heterocycles. The first-order chi connectivity index (χ1) is 9.61. The van der Waals surface area contributed by atoms with Gasteiger partial charge in [-0.15, -0.1) is 0 Å². The molecule has 0 aliphatic rings. The minimum Gasteiger partial charge on any atom is -0.461 e. The van der Waals surface area contributed by atoms with Crippen molar-refractivity contribution in [1.82, 2.24) is 4.98 Å². The van der Waals surface area contributed by atoms with Crippen molar-refractivity contribution in [3.05, 3.63) is 36.4 Å². The normalized spacial score (nSPS) is 10.6. The second-order valence-electron chi connectivity index (χ2n) is 3.65. The molecule has 1 aromatic heterocycles. The molecule has 1 heterocycles. The third-order valence-electron chi connectivity index (χ3n) is 2.38. The first-order valence-electron chi connectivity index (χ1n) is 5.77. The summed E-state index contributed by atoms with van der Waals surface area (Å²) in [7, 11) is 0. The smallest absolute Gasteiger partial charge is 0.387 e. The van der Waals surface area contributed by atoms with Gasteiger partial charge in [-0.25, -0.2) is 9.78 Å². The fourth-order valence-electron chi connectivity index (χ4n) is 1.58. The van der Waals surface area contributed by atoms with E-state index in [0.29, 0.717) is 5.56 Å². The van der Waals surface area contributed by atoms with Gasteiger partial charge in [0.1, 0.15) is 5.75 Å². The van der Waals surface area contributed by atoms with Gasteiger partial charge in [-0.2, -0.15) is 8.78 Å². The summed E-state index contributed by atoms with van der Waals surface area (Å²) in [6.45, 7) is -0.998. The number of carbonyl (C=O) groups is 1. The minimum atomic E-state index is -2.89. The Morgan fingerprint density at radius 2 is 2.05 bits per heavy atom. The highest BCUT2D eigenvalue weighted by atomic mass is 19.3. The number of rotatable bonds is 5. The van der Waals surface area contributed by atoms with Crippen LogP contribution in [-0.2, 0) is 4.74 Å². The number of nitrogens with zero attached hydrogens (tertiary/aromatic N) is 1. The van der Waals surface area contributed by atoms with E-state index < -0.39 is 12.6 Å². The molecule has 0 spiro atoms. The number of alkyl halides is 2. The van der Waals surface area contributed by atoms with Gasteiger partial charge < -0.3 is 13.9 Å². The minimum absolute atomic E-state index is 0.0148. The highest BCUT2D eigenvalue weighted by molar-refractivity contribution is 5.93. The maximum Gasteiger partial charge on any atom is 0.387 e. The predicted octanol–water partition coefficient (Wildman–Crippen LogP) is 3.12. The van der Waals surface area contributed by atoms with Crippen LogP contribution in [0.15, 0.2) is 35.1 Å². The van der Waals surface area contributed by atoms with E-state index in [1.165, 1.54) is 24.3 Å². The van der Waals surface area contributed by atoms with Gasteiger partial charge in [-0.3, -0.25) is 0 Å². The largest absolute Gasteiger partial charge is 0.461 e. The molecule has 0 aliphatic carbocycles. The van der Waals surface area contributed by atoms with Gasteiger partial charge in [0, 0.05) is 5.56 Å². The Hall–Kier alpha value is -2.44. The van der Waals surface area contributed by atoms with Crippen LogP contribution in [0, 0.1) is 0 Å². The van der Waals surface area contributed by atoms with Gasteiger partial charge in [0.2, 0.25) is 0 Å². The molecule has 0 atom stereocenters. The van der Waals surface area contributed by atoms with Crippen LogP contribution in [0.5, 0.6) is 5.75 Å².